The van der Waals surface area contributed by atoms with Gasteiger partial charge in [0.05, 0.1) is 6.54 Å². The van der Waals surface area contributed by atoms with Crippen LogP contribution in [0.15, 0.2) is 30.6 Å². The van der Waals surface area contributed by atoms with Gasteiger partial charge in [-0.2, -0.15) is 0 Å². The second-order valence-electron chi connectivity index (χ2n) is 5.33. The first-order valence-corrected chi connectivity index (χ1v) is 7.19. The number of amides is 1. The molecule has 0 unspecified atom stereocenters. The van der Waals surface area contributed by atoms with Crippen LogP contribution in [-0.2, 0) is 4.79 Å². The van der Waals surface area contributed by atoms with Crippen molar-refractivity contribution in [1.82, 2.24) is 10.3 Å². The van der Waals surface area contributed by atoms with Crippen molar-refractivity contribution in [3.63, 3.8) is 0 Å². The molecule has 5 heteroatoms. The molecule has 0 aliphatic carbocycles. The molecule has 0 fully saturated rings. The molecule has 0 spiro atoms. The Labute approximate surface area is 125 Å². The van der Waals surface area contributed by atoms with Gasteiger partial charge in [0.2, 0.25) is 5.91 Å². The number of carbonyl (C=O) groups excluding carboxylic acids is 1. The normalized spacial score (nSPS) is 10.9. The number of benzene rings is 1. The lowest BCUT2D eigenvalue weighted by Gasteiger charge is -2.25. The summed E-state index contributed by atoms with van der Waals surface area (Å²) in [7, 11) is 0. The van der Waals surface area contributed by atoms with Crippen LogP contribution in [0.25, 0.3) is 10.8 Å². The summed E-state index contributed by atoms with van der Waals surface area (Å²) in [5.41, 5.74) is 7.71. The van der Waals surface area contributed by atoms with Gasteiger partial charge in [0.25, 0.3) is 0 Å². The highest BCUT2D eigenvalue weighted by atomic mass is 16.2. The smallest absolute Gasteiger partial charge is 0.239 e. The summed E-state index contributed by atoms with van der Waals surface area (Å²) in [5.74, 6) is 0.0146. The number of nitrogen functional groups attached to an aromatic ring is 1. The number of nitrogens with zero attached hydrogens (tertiary/aromatic N) is 2. The van der Waals surface area contributed by atoms with Crippen LogP contribution in [0, 0.1) is 0 Å². The fourth-order valence-corrected chi connectivity index (χ4v) is 2.38. The SMILES string of the molecule is CCN(CC(=O)NC(C)C)c1ccc(N)c2ccncc12. The molecule has 0 saturated carbocycles. The highest BCUT2D eigenvalue weighted by Gasteiger charge is 2.14. The molecule has 21 heavy (non-hydrogen) atoms. The minimum absolute atomic E-state index is 0.0146. The molecule has 0 bridgehead atoms. The number of hydrogen-bond acceptors (Lipinski definition) is 4. The zero-order valence-corrected chi connectivity index (χ0v) is 12.8. The molecule has 2 rings (SSSR count). The maximum Gasteiger partial charge on any atom is 0.239 e. The number of nitrogens with one attached hydrogen (secondary N) is 1. The number of pyridine rings is 1. The first-order chi connectivity index (χ1) is 10.0. The number of rotatable bonds is 5. The van der Waals surface area contributed by atoms with Gasteiger partial charge in [-0.25, -0.2) is 0 Å². The molecule has 0 saturated heterocycles. The van der Waals surface area contributed by atoms with Gasteiger partial charge in [-0.3, -0.25) is 9.78 Å². The van der Waals surface area contributed by atoms with E-state index in [4.69, 9.17) is 5.73 Å². The standard InChI is InChI=1S/C16H22N4O/c1-4-20(10-16(21)19-11(2)3)15-6-5-14(17)12-7-8-18-9-13(12)15/h5-9,11H,4,10,17H2,1-3H3,(H,19,21). The van der Waals surface area contributed by atoms with Crippen molar-refractivity contribution < 1.29 is 4.79 Å². The number of likely N-dealkylation sites (N-methyl/N-ethyl adjacent to an activating group) is 1. The number of fused-ring (bicyclic) bond motifs is 1. The Morgan fingerprint density at radius 3 is 2.76 bits per heavy atom. The zero-order valence-electron chi connectivity index (χ0n) is 12.8. The van der Waals surface area contributed by atoms with E-state index in [2.05, 4.69) is 10.3 Å². The third kappa shape index (κ3) is 3.42. The Hall–Kier alpha value is -2.30. The summed E-state index contributed by atoms with van der Waals surface area (Å²) in [6.07, 6.45) is 3.52. The third-order valence-corrected chi connectivity index (χ3v) is 3.34. The monoisotopic (exact) mass is 286 g/mol. The summed E-state index contributed by atoms with van der Waals surface area (Å²) in [6, 6.07) is 5.86. The van der Waals surface area contributed by atoms with Gasteiger partial charge in [-0.1, -0.05) is 0 Å². The minimum atomic E-state index is 0.0146. The molecule has 5 nitrogen and oxygen atoms in total. The van der Waals surface area contributed by atoms with Crippen LogP contribution < -0.4 is 16.0 Å². The summed E-state index contributed by atoms with van der Waals surface area (Å²) < 4.78 is 0. The lowest BCUT2D eigenvalue weighted by molar-refractivity contribution is -0.120. The van der Waals surface area contributed by atoms with Gasteiger partial charge < -0.3 is 16.0 Å². The molecular formula is C16H22N4O. The van der Waals surface area contributed by atoms with E-state index in [1.807, 2.05) is 43.9 Å². The van der Waals surface area contributed by atoms with Gasteiger partial charge in [0.1, 0.15) is 0 Å². The number of carbonyl (C=O) groups is 1. The molecule has 0 radical (unpaired) electrons. The van der Waals surface area contributed by atoms with E-state index in [9.17, 15) is 4.79 Å². The average molecular weight is 286 g/mol. The second-order valence-corrected chi connectivity index (χ2v) is 5.33. The molecule has 0 aliphatic rings. The Balaban J connectivity index is 2.34. The lowest BCUT2D eigenvalue weighted by Crippen LogP contribution is -2.40. The summed E-state index contributed by atoms with van der Waals surface area (Å²) in [5, 5.41) is 4.85. The Morgan fingerprint density at radius 2 is 2.10 bits per heavy atom. The second kappa shape index (κ2) is 6.43. The van der Waals surface area contributed by atoms with Crippen molar-refractivity contribution >= 4 is 28.1 Å². The summed E-state index contributed by atoms with van der Waals surface area (Å²) in [6.45, 7) is 7.00. The quantitative estimate of drug-likeness (QED) is 0.826. The maximum absolute atomic E-state index is 12.0. The number of aromatic nitrogens is 1. The molecule has 1 heterocycles. The van der Waals surface area contributed by atoms with Gasteiger partial charge in [0, 0.05) is 47.1 Å². The summed E-state index contributed by atoms with van der Waals surface area (Å²) >= 11 is 0. The number of hydrogen-bond donors (Lipinski definition) is 2. The predicted molar refractivity (Wildman–Crippen MR) is 87.3 cm³/mol. The number of nitrogens with two attached hydrogens (primary N) is 1. The van der Waals surface area contributed by atoms with E-state index < -0.39 is 0 Å². The average Bonchev–Trinajstić information content (AvgIpc) is 2.45. The van der Waals surface area contributed by atoms with Crippen molar-refractivity contribution in [1.29, 1.82) is 0 Å². The molecule has 0 atom stereocenters. The van der Waals surface area contributed by atoms with Crippen LogP contribution in [0.4, 0.5) is 11.4 Å². The zero-order chi connectivity index (χ0) is 15.4. The van der Waals surface area contributed by atoms with Crippen LogP contribution >= 0.6 is 0 Å². The van der Waals surface area contributed by atoms with Crippen molar-refractivity contribution in [2.24, 2.45) is 0 Å². The lowest BCUT2D eigenvalue weighted by atomic mass is 10.1. The molecular weight excluding hydrogens is 264 g/mol. The Morgan fingerprint density at radius 1 is 1.33 bits per heavy atom. The Bertz CT molecular complexity index is 639. The van der Waals surface area contributed by atoms with E-state index >= 15 is 0 Å². The summed E-state index contributed by atoms with van der Waals surface area (Å²) in [4.78, 5) is 18.2. The van der Waals surface area contributed by atoms with Crippen molar-refractivity contribution in [3.8, 4) is 0 Å². The van der Waals surface area contributed by atoms with Crippen LogP contribution in [0.1, 0.15) is 20.8 Å². The largest absolute Gasteiger partial charge is 0.398 e. The molecule has 1 amide bonds. The maximum atomic E-state index is 12.0. The molecule has 1 aromatic heterocycles. The van der Waals surface area contributed by atoms with Gasteiger partial charge in [-0.05, 0) is 39.0 Å². The predicted octanol–water partition coefficient (Wildman–Crippen LogP) is 2.17. The fourth-order valence-electron chi connectivity index (χ4n) is 2.38. The molecule has 0 aliphatic heterocycles. The van der Waals surface area contributed by atoms with Crippen molar-refractivity contribution in [2.45, 2.75) is 26.8 Å². The van der Waals surface area contributed by atoms with Crippen LogP contribution in [-0.4, -0.2) is 30.0 Å². The van der Waals surface area contributed by atoms with E-state index in [-0.39, 0.29) is 11.9 Å². The molecule has 3 N–H and O–H groups in total. The van der Waals surface area contributed by atoms with Crippen LogP contribution in [0.3, 0.4) is 0 Å². The van der Waals surface area contributed by atoms with Crippen molar-refractivity contribution in [2.75, 3.05) is 23.7 Å². The van der Waals surface area contributed by atoms with Gasteiger partial charge in [0.15, 0.2) is 0 Å². The van der Waals surface area contributed by atoms with E-state index in [1.165, 1.54) is 0 Å². The molecule has 1 aromatic carbocycles. The molecule has 112 valence electrons. The van der Waals surface area contributed by atoms with Gasteiger partial charge in [-0.15, -0.1) is 0 Å². The Kier molecular flexibility index (Phi) is 4.62. The third-order valence-electron chi connectivity index (χ3n) is 3.34. The van der Waals surface area contributed by atoms with E-state index in [0.717, 1.165) is 28.7 Å². The van der Waals surface area contributed by atoms with Crippen molar-refractivity contribution in [3.05, 3.63) is 30.6 Å². The van der Waals surface area contributed by atoms with Crippen LogP contribution in [0.5, 0.6) is 0 Å². The first kappa shape index (κ1) is 15.1. The topological polar surface area (TPSA) is 71.2 Å². The number of anilines is 2. The van der Waals surface area contributed by atoms with E-state index in [1.54, 1.807) is 12.4 Å². The molecule has 2 aromatic rings. The highest BCUT2D eigenvalue weighted by Crippen LogP contribution is 2.30. The van der Waals surface area contributed by atoms with Crippen LogP contribution in [0.2, 0.25) is 0 Å². The fraction of sp³-hybridized carbons (Fsp3) is 0.375. The first-order valence-electron chi connectivity index (χ1n) is 7.19. The van der Waals surface area contributed by atoms with Gasteiger partial charge >= 0.3 is 0 Å². The van der Waals surface area contributed by atoms with E-state index in [0.29, 0.717) is 6.54 Å². The minimum Gasteiger partial charge on any atom is -0.398 e. The highest BCUT2D eigenvalue weighted by molar-refractivity contribution is 6.01.